The highest BCUT2D eigenvalue weighted by Gasteiger charge is 2.13. The summed E-state index contributed by atoms with van der Waals surface area (Å²) in [6.07, 6.45) is 1.63. The first-order chi connectivity index (χ1) is 9.99. The van der Waals surface area contributed by atoms with Gasteiger partial charge in [0.25, 0.3) is 0 Å². The molecule has 0 aliphatic carbocycles. The Morgan fingerprint density at radius 3 is 2.57 bits per heavy atom. The first-order valence-electron chi connectivity index (χ1n) is 6.78. The molecule has 1 aromatic heterocycles. The summed E-state index contributed by atoms with van der Waals surface area (Å²) in [4.78, 5) is 6.55. The molecule has 0 spiro atoms. The number of benzene rings is 1. The van der Waals surface area contributed by atoms with Crippen molar-refractivity contribution in [3.63, 3.8) is 0 Å². The van der Waals surface area contributed by atoms with Gasteiger partial charge in [0.15, 0.2) is 5.75 Å². The number of aromatic hydroxyl groups is 1. The molecule has 1 aromatic carbocycles. The number of hydrogen-bond acceptors (Lipinski definition) is 4. The summed E-state index contributed by atoms with van der Waals surface area (Å²) in [6.45, 7) is 7.83. The quantitative estimate of drug-likeness (QED) is 0.827. The van der Waals surface area contributed by atoms with E-state index in [1.54, 1.807) is 6.33 Å². The van der Waals surface area contributed by atoms with Crippen LogP contribution in [0.15, 0.2) is 12.4 Å². The van der Waals surface area contributed by atoms with Crippen molar-refractivity contribution in [2.24, 2.45) is 0 Å². The van der Waals surface area contributed by atoms with Crippen LogP contribution in [0.3, 0.4) is 0 Å². The molecule has 0 saturated carbocycles. The summed E-state index contributed by atoms with van der Waals surface area (Å²) in [5.41, 5.74) is 0.344. The molecule has 1 heterocycles. The number of aromatic nitrogens is 2. The highest BCUT2D eigenvalue weighted by molar-refractivity contribution is 7.71. The maximum Gasteiger partial charge on any atom is 0.160 e. The fourth-order valence-corrected chi connectivity index (χ4v) is 3.14. The normalized spacial score (nSPS) is 11.5. The molecule has 0 saturated heterocycles. The topological polar surface area (TPSA) is 41.3 Å². The Kier molecular flexibility index (Phi) is 5.43. The number of hydrogen-bond donors (Lipinski definition) is 1. The van der Waals surface area contributed by atoms with Crippen LogP contribution in [0.2, 0.25) is 10.0 Å². The SMILES string of the molecule is CCN(CC)CCn1cnc2c(O)c(Cl)cc(Cl)c2c1=S. The molecule has 0 amide bonds. The van der Waals surface area contributed by atoms with Crippen LogP contribution in [0, 0.1) is 4.64 Å². The minimum Gasteiger partial charge on any atom is -0.504 e. The summed E-state index contributed by atoms with van der Waals surface area (Å²) < 4.78 is 2.43. The average molecular weight is 346 g/mol. The van der Waals surface area contributed by atoms with Crippen molar-refractivity contribution < 1.29 is 5.11 Å². The maximum absolute atomic E-state index is 9.98. The Morgan fingerprint density at radius 2 is 1.95 bits per heavy atom. The molecule has 4 nitrogen and oxygen atoms in total. The lowest BCUT2D eigenvalue weighted by molar-refractivity contribution is 0.289. The first-order valence-corrected chi connectivity index (χ1v) is 7.94. The van der Waals surface area contributed by atoms with Crippen LogP contribution >= 0.6 is 35.4 Å². The zero-order valence-corrected chi connectivity index (χ0v) is 14.3. The Bertz CT molecular complexity index is 713. The van der Waals surface area contributed by atoms with Gasteiger partial charge in [-0.15, -0.1) is 0 Å². The molecule has 0 aliphatic rings. The zero-order valence-electron chi connectivity index (χ0n) is 11.9. The second-order valence-electron chi connectivity index (χ2n) is 4.68. The van der Waals surface area contributed by atoms with Crippen molar-refractivity contribution >= 4 is 46.3 Å². The smallest absolute Gasteiger partial charge is 0.160 e. The molecular weight excluding hydrogens is 329 g/mol. The number of phenols is 1. The van der Waals surface area contributed by atoms with E-state index in [0.29, 0.717) is 20.6 Å². The first kappa shape index (κ1) is 16.5. The number of halogens is 2. The van der Waals surface area contributed by atoms with Crippen LogP contribution in [0.4, 0.5) is 0 Å². The van der Waals surface area contributed by atoms with Crippen LogP contribution in [-0.2, 0) is 6.54 Å². The molecule has 2 rings (SSSR count). The average Bonchev–Trinajstić information content (AvgIpc) is 2.47. The van der Waals surface area contributed by atoms with Gasteiger partial charge in [-0.2, -0.15) is 0 Å². The van der Waals surface area contributed by atoms with Crippen molar-refractivity contribution in [3.05, 3.63) is 27.1 Å². The lowest BCUT2D eigenvalue weighted by Gasteiger charge is -2.19. The van der Waals surface area contributed by atoms with Crippen molar-refractivity contribution in [2.45, 2.75) is 20.4 Å². The molecule has 21 heavy (non-hydrogen) atoms. The van der Waals surface area contributed by atoms with E-state index in [1.807, 2.05) is 4.57 Å². The van der Waals surface area contributed by atoms with Gasteiger partial charge in [-0.3, -0.25) is 0 Å². The van der Waals surface area contributed by atoms with Crippen LogP contribution in [0.1, 0.15) is 13.8 Å². The van der Waals surface area contributed by atoms with Gasteiger partial charge in [-0.05, 0) is 19.2 Å². The highest BCUT2D eigenvalue weighted by Crippen LogP contribution is 2.36. The van der Waals surface area contributed by atoms with Crippen LogP contribution in [0.5, 0.6) is 5.75 Å². The predicted molar refractivity (Wildman–Crippen MR) is 90.0 cm³/mol. The van der Waals surface area contributed by atoms with Gasteiger partial charge in [-0.25, -0.2) is 4.98 Å². The monoisotopic (exact) mass is 345 g/mol. The van der Waals surface area contributed by atoms with Crippen LogP contribution in [0.25, 0.3) is 10.9 Å². The zero-order chi connectivity index (χ0) is 15.6. The standard InChI is InChI=1S/C14H17Cl2N3OS/c1-3-18(4-2)5-6-19-8-17-12-11(14(19)21)9(15)7-10(16)13(12)20/h7-8,20H,3-6H2,1-2H3. The summed E-state index contributed by atoms with van der Waals surface area (Å²) in [5, 5.41) is 11.1. The highest BCUT2D eigenvalue weighted by atomic mass is 35.5. The molecule has 0 aliphatic heterocycles. The third-order valence-electron chi connectivity index (χ3n) is 3.53. The maximum atomic E-state index is 9.98. The molecule has 2 aromatic rings. The lowest BCUT2D eigenvalue weighted by Crippen LogP contribution is -2.27. The molecule has 0 unspecified atom stereocenters. The Hall–Kier alpha value is -0.880. The van der Waals surface area contributed by atoms with E-state index < -0.39 is 0 Å². The van der Waals surface area contributed by atoms with Crippen molar-refractivity contribution in [2.75, 3.05) is 19.6 Å². The van der Waals surface area contributed by atoms with E-state index in [9.17, 15) is 5.11 Å². The third-order valence-corrected chi connectivity index (χ3v) is 4.56. The molecule has 114 valence electrons. The number of likely N-dealkylation sites (N-methyl/N-ethyl adjacent to an activating group) is 1. The Morgan fingerprint density at radius 1 is 1.29 bits per heavy atom. The summed E-state index contributed by atoms with van der Waals surface area (Å²) in [6, 6.07) is 1.49. The fourth-order valence-electron chi connectivity index (χ4n) is 2.20. The third kappa shape index (κ3) is 3.31. The Labute approximate surface area is 138 Å². The van der Waals surface area contributed by atoms with E-state index in [2.05, 4.69) is 23.7 Å². The largest absolute Gasteiger partial charge is 0.504 e. The van der Waals surface area contributed by atoms with Gasteiger partial charge in [0.05, 0.1) is 21.8 Å². The van der Waals surface area contributed by atoms with Gasteiger partial charge >= 0.3 is 0 Å². The molecular formula is C14H17Cl2N3OS. The number of phenolic OH excluding ortho intramolecular Hbond substituents is 1. The number of fused-ring (bicyclic) bond motifs is 1. The Balaban J connectivity index is 2.45. The van der Waals surface area contributed by atoms with Crippen molar-refractivity contribution in [1.29, 1.82) is 0 Å². The van der Waals surface area contributed by atoms with Gasteiger partial charge in [0.1, 0.15) is 10.2 Å². The minimum atomic E-state index is -0.0851. The fraction of sp³-hybridized carbons (Fsp3) is 0.429. The van der Waals surface area contributed by atoms with Crippen molar-refractivity contribution in [3.8, 4) is 5.75 Å². The molecule has 7 heteroatoms. The summed E-state index contributed by atoms with van der Waals surface area (Å²) in [7, 11) is 0. The molecule has 0 fully saturated rings. The van der Waals surface area contributed by atoms with Crippen LogP contribution in [-0.4, -0.2) is 39.2 Å². The number of rotatable bonds is 5. The van der Waals surface area contributed by atoms with E-state index in [1.165, 1.54) is 6.07 Å². The van der Waals surface area contributed by atoms with E-state index in [4.69, 9.17) is 35.4 Å². The summed E-state index contributed by atoms with van der Waals surface area (Å²) in [5.74, 6) is -0.0851. The molecule has 0 bridgehead atoms. The summed E-state index contributed by atoms with van der Waals surface area (Å²) >= 11 is 17.6. The van der Waals surface area contributed by atoms with Crippen LogP contribution < -0.4 is 0 Å². The van der Waals surface area contributed by atoms with Gasteiger partial charge in [0, 0.05) is 13.1 Å². The van der Waals surface area contributed by atoms with Gasteiger partial charge in [-0.1, -0.05) is 49.3 Å². The van der Waals surface area contributed by atoms with Gasteiger partial charge < -0.3 is 14.6 Å². The second-order valence-corrected chi connectivity index (χ2v) is 5.88. The number of nitrogens with zero attached hydrogens (tertiary/aromatic N) is 3. The predicted octanol–water partition coefficient (Wildman–Crippen LogP) is 4.12. The lowest BCUT2D eigenvalue weighted by atomic mass is 10.2. The molecule has 1 N–H and O–H groups in total. The van der Waals surface area contributed by atoms with Gasteiger partial charge in [0.2, 0.25) is 0 Å². The molecule has 0 radical (unpaired) electrons. The van der Waals surface area contributed by atoms with E-state index in [0.717, 1.165) is 26.2 Å². The minimum absolute atomic E-state index is 0.0851. The van der Waals surface area contributed by atoms with E-state index >= 15 is 0 Å². The second kappa shape index (κ2) is 6.92. The van der Waals surface area contributed by atoms with E-state index in [-0.39, 0.29) is 10.8 Å². The molecule has 0 atom stereocenters. The van der Waals surface area contributed by atoms with Crippen molar-refractivity contribution in [1.82, 2.24) is 14.5 Å².